The lowest BCUT2D eigenvalue weighted by molar-refractivity contribution is -0.128. The summed E-state index contributed by atoms with van der Waals surface area (Å²) in [4.78, 5) is 18.6. The van der Waals surface area contributed by atoms with Gasteiger partial charge in [-0.05, 0) is 53.4 Å². The molecule has 2 rings (SSSR count). The smallest absolute Gasteiger partial charge is 0.241 e. The Morgan fingerprint density at radius 1 is 1.22 bits per heavy atom. The van der Waals surface area contributed by atoms with E-state index in [1.54, 1.807) is 14.2 Å². The van der Waals surface area contributed by atoms with Crippen LogP contribution in [-0.2, 0) is 11.3 Å². The van der Waals surface area contributed by atoms with Crippen LogP contribution in [0, 0.1) is 0 Å². The zero-order valence-corrected chi connectivity index (χ0v) is 19.9. The maximum atomic E-state index is 12.2. The number of rotatable bonds is 7. The van der Waals surface area contributed by atoms with Gasteiger partial charge < -0.3 is 25.0 Å². The van der Waals surface area contributed by atoms with Crippen molar-refractivity contribution in [3.63, 3.8) is 0 Å². The van der Waals surface area contributed by atoms with E-state index in [2.05, 4.69) is 31.6 Å². The van der Waals surface area contributed by atoms with E-state index in [1.807, 2.05) is 24.0 Å². The van der Waals surface area contributed by atoms with Gasteiger partial charge in [0.25, 0.3) is 0 Å². The molecule has 0 spiro atoms. The maximum absolute atomic E-state index is 12.2. The molecule has 0 saturated carbocycles. The highest BCUT2D eigenvalue weighted by Crippen LogP contribution is 2.36. The van der Waals surface area contributed by atoms with Gasteiger partial charge in [0.05, 0.1) is 31.8 Å². The summed E-state index contributed by atoms with van der Waals surface area (Å²) in [6.45, 7) is 5.13. The lowest BCUT2D eigenvalue weighted by Gasteiger charge is -2.17. The van der Waals surface area contributed by atoms with Crippen LogP contribution in [0.1, 0.15) is 25.3 Å². The zero-order chi connectivity index (χ0) is 18.9. The number of carbonyl (C=O) groups excluding carboxylic acids is 1. The quantitative estimate of drug-likeness (QED) is 0.308. The minimum absolute atomic E-state index is 0. The maximum Gasteiger partial charge on any atom is 0.241 e. The van der Waals surface area contributed by atoms with Gasteiger partial charge >= 0.3 is 0 Å². The first-order valence-corrected chi connectivity index (χ1v) is 9.58. The van der Waals surface area contributed by atoms with Crippen LogP contribution in [-0.4, -0.2) is 57.2 Å². The van der Waals surface area contributed by atoms with Gasteiger partial charge in [0.2, 0.25) is 5.91 Å². The van der Waals surface area contributed by atoms with Crippen LogP contribution in [0.15, 0.2) is 21.6 Å². The number of halogens is 2. The largest absolute Gasteiger partial charge is 0.493 e. The highest BCUT2D eigenvalue weighted by atomic mass is 127. The van der Waals surface area contributed by atoms with Crippen molar-refractivity contribution in [2.45, 2.75) is 26.3 Å². The van der Waals surface area contributed by atoms with E-state index in [9.17, 15) is 4.79 Å². The van der Waals surface area contributed by atoms with E-state index in [4.69, 9.17) is 9.47 Å². The molecule has 1 saturated heterocycles. The van der Waals surface area contributed by atoms with Crippen LogP contribution in [0.25, 0.3) is 0 Å². The number of nitrogens with zero attached hydrogens (tertiary/aromatic N) is 2. The first-order chi connectivity index (χ1) is 12.6. The summed E-state index contributed by atoms with van der Waals surface area (Å²) >= 11 is 3.49. The summed E-state index contributed by atoms with van der Waals surface area (Å²) in [5, 5.41) is 6.28. The lowest BCUT2D eigenvalue weighted by Crippen LogP contribution is -2.44. The van der Waals surface area contributed by atoms with E-state index < -0.39 is 0 Å². The lowest BCUT2D eigenvalue weighted by atomic mass is 10.2. The summed E-state index contributed by atoms with van der Waals surface area (Å²) in [6, 6.07) is 3.84. The molecule has 1 amide bonds. The standard InChI is InChI=1S/C18H27BrN4O3.HI/c1-4-20-18(22-12-16(24)23-7-5-6-8-23)21-11-13-9-14(19)17(26-3)15(10-13)25-2;/h9-10H,4-8,11-12H2,1-3H3,(H2,20,21,22);1H. The van der Waals surface area contributed by atoms with Crippen LogP contribution < -0.4 is 20.1 Å². The minimum Gasteiger partial charge on any atom is -0.493 e. The van der Waals surface area contributed by atoms with Gasteiger partial charge in [-0.2, -0.15) is 0 Å². The highest BCUT2D eigenvalue weighted by Gasteiger charge is 2.17. The third-order valence-corrected chi connectivity index (χ3v) is 4.71. The number of carbonyl (C=O) groups is 1. The number of ether oxygens (including phenoxy) is 2. The van der Waals surface area contributed by atoms with Crippen LogP contribution in [0.2, 0.25) is 0 Å². The molecule has 0 aromatic heterocycles. The highest BCUT2D eigenvalue weighted by molar-refractivity contribution is 14.0. The minimum atomic E-state index is 0. The van der Waals surface area contributed by atoms with Crippen molar-refractivity contribution in [3.05, 3.63) is 22.2 Å². The molecule has 1 aliphatic heterocycles. The fourth-order valence-electron chi connectivity index (χ4n) is 2.81. The molecule has 9 heteroatoms. The predicted octanol–water partition coefficient (Wildman–Crippen LogP) is 2.76. The average molecular weight is 555 g/mol. The number of hydrogen-bond donors (Lipinski definition) is 2. The Labute approximate surface area is 186 Å². The van der Waals surface area contributed by atoms with Crippen LogP contribution in [0.3, 0.4) is 0 Å². The summed E-state index contributed by atoms with van der Waals surface area (Å²) in [6.07, 6.45) is 2.18. The number of aliphatic imine (C=N–C) groups is 1. The first-order valence-electron chi connectivity index (χ1n) is 8.79. The Bertz CT molecular complexity index is 652. The van der Waals surface area contributed by atoms with Crippen molar-refractivity contribution in [3.8, 4) is 11.5 Å². The van der Waals surface area contributed by atoms with Crippen molar-refractivity contribution in [2.75, 3.05) is 40.4 Å². The molecule has 0 unspecified atom stereocenters. The molecule has 0 aliphatic carbocycles. The molecule has 1 aromatic rings. The number of amides is 1. The van der Waals surface area contributed by atoms with Crippen molar-refractivity contribution in [2.24, 2.45) is 4.99 Å². The summed E-state index contributed by atoms with van der Waals surface area (Å²) in [7, 11) is 3.21. The second-order valence-electron chi connectivity index (χ2n) is 5.95. The Balaban J connectivity index is 0.00000364. The molecule has 1 aliphatic rings. The van der Waals surface area contributed by atoms with Gasteiger partial charge in [-0.3, -0.25) is 4.79 Å². The third kappa shape index (κ3) is 7.02. The van der Waals surface area contributed by atoms with Crippen LogP contribution >= 0.6 is 39.9 Å². The molecule has 0 bridgehead atoms. The molecule has 152 valence electrons. The Morgan fingerprint density at radius 2 is 1.93 bits per heavy atom. The normalized spacial score (nSPS) is 13.8. The second kappa shape index (κ2) is 12.3. The van der Waals surface area contributed by atoms with Gasteiger partial charge in [0.1, 0.15) is 0 Å². The SMILES string of the molecule is CCNC(=NCc1cc(Br)c(OC)c(OC)c1)NCC(=O)N1CCCC1.I. The Morgan fingerprint density at radius 3 is 2.52 bits per heavy atom. The fourth-order valence-corrected chi connectivity index (χ4v) is 3.46. The number of methoxy groups -OCH3 is 2. The monoisotopic (exact) mass is 554 g/mol. The van der Waals surface area contributed by atoms with E-state index in [-0.39, 0.29) is 36.4 Å². The molecular weight excluding hydrogens is 527 g/mol. The van der Waals surface area contributed by atoms with Gasteiger partial charge in [-0.15, -0.1) is 24.0 Å². The van der Waals surface area contributed by atoms with Gasteiger partial charge in [-0.1, -0.05) is 0 Å². The average Bonchev–Trinajstić information content (AvgIpc) is 3.18. The van der Waals surface area contributed by atoms with E-state index in [0.717, 1.165) is 42.5 Å². The number of likely N-dealkylation sites (tertiary alicyclic amines) is 1. The molecule has 1 fully saturated rings. The molecule has 1 aromatic carbocycles. The van der Waals surface area contributed by atoms with Gasteiger partial charge in [-0.25, -0.2) is 4.99 Å². The van der Waals surface area contributed by atoms with Crippen molar-refractivity contribution in [1.82, 2.24) is 15.5 Å². The van der Waals surface area contributed by atoms with Crippen molar-refractivity contribution in [1.29, 1.82) is 0 Å². The zero-order valence-electron chi connectivity index (χ0n) is 16.0. The van der Waals surface area contributed by atoms with E-state index >= 15 is 0 Å². The molecule has 0 radical (unpaired) electrons. The number of guanidine groups is 1. The molecule has 1 heterocycles. The first kappa shape index (κ1) is 23.8. The number of nitrogens with one attached hydrogen (secondary N) is 2. The molecular formula is C18H28BrIN4O3. The van der Waals surface area contributed by atoms with Gasteiger partial charge in [0, 0.05) is 19.6 Å². The van der Waals surface area contributed by atoms with Crippen LogP contribution in [0.5, 0.6) is 11.5 Å². The fraction of sp³-hybridized carbons (Fsp3) is 0.556. The second-order valence-corrected chi connectivity index (χ2v) is 6.80. The molecule has 0 atom stereocenters. The Hall–Kier alpha value is -1.23. The topological polar surface area (TPSA) is 75.2 Å². The van der Waals surface area contributed by atoms with Crippen molar-refractivity contribution >= 4 is 51.8 Å². The molecule has 27 heavy (non-hydrogen) atoms. The third-order valence-electron chi connectivity index (χ3n) is 4.12. The van der Waals surface area contributed by atoms with Gasteiger partial charge in [0.15, 0.2) is 17.5 Å². The molecule has 7 nitrogen and oxygen atoms in total. The Kier molecular flexibility index (Phi) is 10.8. The number of hydrogen-bond acceptors (Lipinski definition) is 4. The van der Waals surface area contributed by atoms with Crippen LogP contribution in [0.4, 0.5) is 0 Å². The summed E-state index contributed by atoms with van der Waals surface area (Å²) in [5.74, 6) is 2.03. The molecule has 2 N–H and O–H groups in total. The number of benzene rings is 1. The van der Waals surface area contributed by atoms with E-state index in [0.29, 0.717) is 24.0 Å². The predicted molar refractivity (Wildman–Crippen MR) is 121 cm³/mol. The summed E-state index contributed by atoms with van der Waals surface area (Å²) < 4.78 is 11.5. The van der Waals surface area contributed by atoms with Crippen molar-refractivity contribution < 1.29 is 14.3 Å². The summed E-state index contributed by atoms with van der Waals surface area (Å²) in [5.41, 5.74) is 0.970. The van der Waals surface area contributed by atoms with E-state index in [1.165, 1.54) is 0 Å².